The van der Waals surface area contributed by atoms with Crippen LogP contribution < -0.4 is 20.2 Å². The molecule has 0 aliphatic rings. The molecular formula is C22H29N3O2S. The normalized spacial score (nSPS) is 10.9. The van der Waals surface area contributed by atoms with Gasteiger partial charge >= 0.3 is 0 Å². The van der Waals surface area contributed by atoms with Crippen molar-refractivity contribution in [3.05, 3.63) is 59.2 Å². The smallest absolute Gasteiger partial charge is 0.186 e. The molecular weight excluding hydrogens is 370 g/mol. The van der Waals surface area contributed by atoms with E-state index in [0.29, 0.717) is 24.2 Å². The van der Waals surface area contributed by atoms with Crippen LogP contribution in [-0.2, 0) is 0 Å². The molecule has 0 saturated heterocycles. The summed E-state index contributed by atoms with van der Waals surface area (Å²) in [5, 5.41) is 7.56. The summed E-state index contributed by atoms with van der Waals surface area (Å²) in [5.74, 6) is 2.16. The molecule has 2 aromatic rings. The van der Waals surface area contributed by atoms with Crippen LogP contribution in [-0.4, -0.2) is 31.1 Å². The first kappa shape index (κ1) is 21.7. The van der Waals surface area contributed by atoms with Crippen LogP contribution in [0.2, 0.25) is 0 Å². The molecule has 0 amide bonds. The largest absolute Gasteiger partial charge is 0.490 e. The minimum absolute atomic E-state index is 0.423. The van der Waals surface area contributed by atoms with Crippen LogP contribution >= 0.6 is 12.2 Å². The van der Waals surface area contributed by atoms with Crippen LogP contribution in [0.4, 0.5) is 0 Å². The molecule has 0 aliphatic heterocycles. The second-order valence-electron chi connectivity index (χ2n) is 6.69. The molecule has 0 radical (unpaired) electrons. The lowest BCUT2D eigenvalue weighted by molar-refractivity contribution is 0.215. The lowest BCUT2D eigenvalue weighted by Crippen LogP contribution is -2.31. The molecule has 0 atom stereocenters. The summed E-state index contributed by atoms with van der Waals surface area (Å²) in [6.07, 6.45) is 1.71. The number of benzene rings is 2. The maximum Gasteiger partial charge on any atom is 0.186 e. The van der Waals surface area contributed by atoms with Crippen molar-refractivity contribution >= 4 is 23.5 Å². The van der Waals surface area contributed by atoms with Crippen molar-refractivity contribution < 1.29 is 9.47 Å². The summed E-state index contributed by atoms with van der Waals surface area (Å²) in [5.41, 5.74) is 6.13. The number of thiocarbonyl (C=S) groups is 1. The van der Waals surface area contributed by atoms with E-state index in [9.17, 15) is 0 Å². The van der Waals surface area contributed by atoms with Crippen molar-refractivity contribution in [2.45, 2.75) is 33.6 Å². The van der Waals surface area contributed by atoms with Crippen LogP contribution in [0.3, 0.4) is 0 Å². The molecule has 2 aromatic carbocycles. The number of hydrogen-bond acceptors (Lipinski definition) is 4. The van der Waals surface area contributed by atoms with Crippen molar-refractivity contribution in [2.75, 3.05) is 19.8 Å². The third-order valence-electron chi connectivity index (χ3n) is 4.00. The van der Waals surface area contributed by atoms with E-state index in [1.807, 2.05) is 31.2 Å². The number of hydrazone groups is 1. The molecule has 2 N–H and O–H groups in total. The van der Waals surface area contributed by atoms with E-state index in [1.165, 1.54) is 11.1 Å². The van der Waals surface area contributed by atoms with E-state index >= 15 is 0 Å². The number of hydrogen-bond donors (Lipinski definition) is 2. The highest BCUT2D eigenvalue weighted by molar-refractivity contribution is 7.80. The highest BCUT2D eigenvalue weighted by atomic mass is 32.1. The molecule has 0 bridgehead atoms. The zero-order valence-corrected chi connectivity index (χ0v) is 17.8. The number of aryl methyl sites for hydroxylation is 1. The summed E-state index contributed by atoms with van der Waals surface area (Å²) >= 11 is 5.05. The van der Waals surface area contributed by atoms with E-state index in [4.69, 9.17) is 21.7 Å². The quantitative estimate of drug-likeness (QED) is 0.283. The van der Waals surface area contributed by atoms with Gasteiger partial charge in [-0.05, 0) is 79.0 Å². The summed E-state index contributed by atoms with van der Waals surface area (Å²) in [7, 11) is 0. The van der Waals surface area contributed by atoms with Crippen LogP contribution in [0.25, 0.3) is 0 Å². The minimum Gasteiger partial charge on any atom is -0.490 e. The van der Waals surface area contributed by atoms with Crippen LogP contribution in [0, 0.1) is 6.92 Å². The van der Waals surface area contributed by atoms with E-state index < -0.39 is 0 Å². The summed E-state index contributed by atoms with van der Waals surface area (Å²) in [6, 6.07) is 14.0. The average molecular weight is 400 g/mol. The van der Waals surface area contributed by atoms with Gasteiger partial charge in [0.05, 0.1) is 6.21 Å². The van der Waals surface area contributed by atoms with Gasteiger partial charge in [-0.15, -0.1) is 0 Å². The van der Waals surface area contributed by atoms with E-state index in [-0.39, 0.29) is 0 Å². The first-order valence-electron chi connectivity index (χ1n) is 9.52. The zero-order valence-electron chi connectivity index (χ0n) is 17.0. The van der Waals surface area contributed by atoms with Gasteiger partial charge in [-0.1, -0.05) is 26.0 Å². The second kappa shape index (κ2) is 11.3. The molecule has 0 heterocycles. The average Bonchev–Trinajstić information content (AvgIpc) is 2.66. The molecule has 28 heavy (non-hydrogen) atoms. The Morgan fingerprint density at radius 2 is 1.82 bits per heavy atom. The molecule has 2 rings (SSSR count). The Kier molecular flexibility index (Phi) is 8.75. The Morgan fingerprint density at radius 1 is 1.11 bits per heavy atom. The van der Waals surface area contributed by atoms with Gasteiger partial charge in [0.25, 0.3) is 0 Å². The van der Waals surface area contributed by atoms with Crippen molar-refractivity contribution in [1.82, 2.24) is 10.7 Å². The molecule has 6 heteroatoms. The Labute approximate surface area is 173 Å². The van der Waals surface area contributed by atoms with Crippen molar-refractivity contribution in [2.24, 2.45) is 5.10 Å². The second-order valence-corrected chi connectivity index (χ2v) is 7.10. The fourth-order valence-electron chi connectivity index (χ4n) is 2.57. The van der Waals surface area contributed by atoms with Gasteiger partial charge in [-0.25, -0.2) is 0 Å². The molecule has 0 spiro atoms. The van der Waals surface area contributed by atoms with Gasteiger partial charge in [0.1, 0.15) is 24.7 Å². The molecule has 0 unspecified atom stereocenters. The van der Waals surface area contributed by atoms with Gasteiger partial charge in [-0.3, -0.25) is 5.43 Å². The molecule has 0 aliphatic carbocycles. The Morgan fingerprint density at radius 3 is 2.50 bits per heavy atom. The van der Waals surface area contributed by atoms with E-state index in [1.54, 1.807) is 6.21 Å². The lowest BCUT2D eigenvalue weighted by Gasteiger charge is -2.15. The van der Waals surface area contributed by atoms with Gasteiger partial charge in [0, 0.05) is 6.54 Å². The molecule has 0 saturated carbocycles. The SMILES string of the molecule is CCNC(=S)NN=Cc1ccc(OCCOc2cc(C)ccc2C(C)C)cc1. The predicted molar refractivity (Wildman–Crippen MR) is 120 cm³/mol. The van der Waals surface area contributed by atoms with Crippen LogP contribution in [0.1, 0.15) is 43.4 Å². The van der Waals surface area contributed by atoms with Crippen molar-refractivity contribution in [1.29, 1.82) is 0 Å². The summed E-state index contributed by atoms with van der Waals surface area (Å²) in [6.45, 7) is 10.1. The van der Waals surface area contributed by atoms with Crippen molar-refractivity contribution in [3.8, 4) is 11.5 Å². The molecule has 5 nitrogen and oxygen atoms in total. The fraction of sp³-hybridized carbons (Fsp3) is 0.364. The lowest BCUT2D eigenvalue weighted by atomic mass is 10.0. The molecule has 0 fully saturated rings. The highest BCUT2D eigenvalue weighted by Crippen LogP contribution is 2.27. The maximum atomic E-state index is 5.95. The maximum absolute atomic E-state index is 5.95. The molecule has 0 aromatic heterocycles. The number of rotatable bonds is 9. The summed E-state index contributed by atoms with van der Waals surface area (Å²) < 4.78 is 11.7. The minimum atomic E-state index is 0.423. The number of nitrogens with zero attached hydrogens (tertiary/aromatic N) is 1. The Hall–Kier alpha value is -2.60. The topological polar surface area (TPSA) is 54.9 Å². The Balaban J connectivity index is 1.79. The Bertz CT molecular complexity index is 789. The monoisotopic (exact) mass is 399 g/mol. The van der Waals surface area contributed by atoms with Gasteiger partial charge in [0.15, 0.2) is 5.11 Å². The zero-order chi connectivity index (χ0) is 20.4. The fourth-order valence-corrected chi connectivity index (χ4v) is 2.77. The third kappa shape index (κ3) is 7.19. The van der Waals surface area contributed by atoms with E-state index in [2.05, 4.69) is 54.8 Å². The standard InChI is InChI=1S/C22H29N3O2S/c1-5-23-22(28)25-24-15-18-7-9-19(10-8-18)26-12-13-27-21-14-17(4)6-11-20(21)16(2)3/h6-11,14-16H,5,12-13H2,1-4H3,(H2,23,25,28). The van der Waals surface area contributed by atoms with Crippen LogP contribution in [0.5, 0.6) is 11.5 Å². The van der Waals surface area contributed by atoms with Gasteiger partial charge < -0.3 is 14.8 Å². The first-order chi connectivity index (χ1) is 13.5. The molecule has 150 valence electrons. The van der Waals surface area contributed by atoms with Crippen molar-refractivity contribution in [3.63, 3.8) is 0 Å². The number of ether oxygens (including phenoxy) is 2. The first-order valence-corrected chi connectivity index (χ1v) is 9.93. The predicted octanol–water partition coefficient (Wildman–Crippen LogP) is 4.39. The van der Waals surface area contributed by atoms with Gasteiger partial charge in [0.2, 0.25) is 0 Å². The summed E-state index contributed by atoms with van der Waals surface area (Å²) in [4.78, 5) is 0. The third-order valence-corrected chi connectivity index (χ3v) is 4.23. The number of nitrogens with one attached hydrogen (secondary N) is 2. The van der Waals surface area contributed by atoms with E-state index in [0.717, 1.165) is 23.6 Å². The highest BCUT2D eigenvalue weighted by Gasteiger charge is 2.08. The van der Waals surface area contributed by atoms with Gasteiger partial charge in [-0.2, -0.15) is 5.10 Å². The van der Waals surface area contributed by atoms with Crippen LogP contribution in [0.15, 0.2) is 47.6 Å².